The Bertz CT molecular complexity index is 764. The molecule has 0 radical (unpaired) electrons. The summed E-state index contributed by atoms with van der Waals surface area (Å²) in [6.07, 6.45) is 1.90. The van der Waals surface area contributed by atoms with Gasteiger partial charge in [0.25, 0.3) is 11.8 Å². The molecule has 0 saturated heterocycles. The molecular weight excluding hydrogens is 348 g/mol. The Labute approximate surface area is 157 Å². The SMILES string of the molecule is O=C(NCCCC[C@@H](CO)NC(=O)c1cccc(O)c1O)c1ccccc1. The second-order valence-electron chi connectivity index (χ2n) is 6.14. The highest BCUT2D eigenvalue weighted by molar-refractivity contribution is 5.97. The van der Waals surface area contributed by atoms with E-state index in [1.54, 1.807) is 24.3 Å². The number of phenols is 2. The molecular formula is C20H24N2O5. The Morgan fingerprint density at radius 2 is 1.67 bits per heavy atom. The zero-order chi connectivity index (χ0) is 19.6. The number of phenolic OH excluding ortho intramolecular Hbond substituents is 2. The number of amides is 2. The first-order chi connectivity index (χ1) is 13.0. The number of aliphatic hydroxyl groups excluding tert-OH is 1. The summed E-state index contributed by atoms with van der Waals surface area (Å²) in [7, 11) is 0. The summed E-state index contributed by atoms with van der Waals surface area (Å²) in [5, 5.41) is 34.1. The van der Waals surface area contributed by atoms with Crippen LogP contribution in [0.3, 0.4) is 0 Å². The molecule has 2 aromatic rings. The number of carbonyl (C=O) groups excluding carboxylic acids is 2. The van der Waals surface area contributed by atoms with Gasteiger partial charge in [-0.05, 0) is 43.5 Å². The normalized spacial score (nSPS) is 11.6. The number of carbonyl (C=O) groups is 2. The van der Waals surface area contributed by atoms with Gasteiger partial charge in [-0.25, -0.2) is 0 Å². The summed E-state index contributed by atoms with van der Waals surface area (Å²) in [5.74, 6) is -1.57. The van der Waals surface area contributed by atoms with Gasteiger partial charge in [0.1, 0.15) is 0 Å². The van der Waals surface area contributed by atoms with Gasteiger partial charge in [-0.2, -0.15) is 0 Å². The lowest BCUT2D eigenvalue weighted by Crippen LogP contribution is -2.37. The third-order valence-corrected chi connectivity index (χ3v) is 4.12. The summed E-state index contributed by atoms with van der Waals surface area (Å²) in [5.41, 5.74) is 0.549. The lowest BCUT2D eigenvalue weighted by atomic mass is 10.1. The molecule has 0 aromatic heterocycles. The maximum Gasteiger partial charge on any atom is 0.255 e. The summed E-state index contributed by atoms with van der Waals surface area (Å²) in [4.78, 5) is 24.1. The highest BCUT2D eigenvalue weighted by atomic mass is 16.3. The Morgan fingerprint density at radius 3 is 2.37 bits per heavy atom. The molecule has 0 aliphatic carbocycles. The third-order valence-electron chi connectivity index (χ3n) is 4.12. The van der Waals surface area contributed by atoms with Crippen molar-refractivity contribution in [3.05, 3.63) is 59.7 Å². The second kappa shape index (κ2) is 10.2. The van der Waals surface area contributed by atoms with Crippen LogP contribution in [0.5, 0.6) is 11.5 Å². The first-order valence-corrected chi connectivity index (χ1v) is 8.79. The number of aromatic hydroxyl groups is 2. The van der Waals surface area contributed by atoms with E-state index in [9.17, 15) is 24.9 Å². The monoisotopic (exact) mass is 372 g/mol. The minimum Gasteiger partial charge on any atom is -0.504 e. The van der Waals surface area contributed by atoms with E-state index in [1.165, 1.54) is 18.2 Å². The fraction of sp³-hybridized carbons (Fsp3) is 0.300. The minimum atomic E-state index is -0.570. The molecule has 0 aliphatic rings. The predicted molar refractivity (Wildman–Crippen MR) is 101 cm³/mol. The van der Waals surface area contributed by atoms with Crippen molar-refractivity contribution < 1.29 is 24.9 Å². The predicted octanol–water partition coefficient (Wildman–Crippen LogP) is 1.79. The van der Waals surface area contributed by atoms with Gasteiger partial charge in [0.15, 0.2) is 11.5 Å². The average molecular weight is 372 g/mol. The third kappa shape index (κ3) is 6.00. The maximum absolute atomic E-state index is 12.2. The lowest BCUT2D eigenvalue weighted by Gasteiger charge is -2.17. The second-order valence-corrected chi connectivity index (χ2v) is 6.14. The van der Waals surface area contributed by atoms with E-state index in [0.717, 1.165) is 0 Å². The van der Waals surface area contributed by atoms with Gasteiger partial charge in [0, 0.05) is 12.1 Å². The van der Waals surface area contributed by atoms with E-state index >= 15 is 0 Å². The van der Waals surface area contributed by atoms with Crippen molar-refractivity contribution >= 4 is 11.8 Å². The van der Waals surface area contributed by atoms with Crippen LogP contribution in [-0.2, 0) is 0 Å². The van der Waals surface area contributed by atoms with Gasteiger partial charge in [-0.3, -0.25) is 9.59 Å². The van der Waals surface area contributed by atoms with E-state index in [1.807, 2.05) is 6.07 Å². The fourth-order valence-electron chi connectivity index (χ4n) is 2.60. The van der Waals surface area contributed by atoms with E-state index in [0.29, 0.717) is 31.4 Å². The molecule has 5 N–H and O–H groups in total. The first-order valence-electron chi connectivity index (χ1n) is 8.79. The molecule has 2 aromatic carbocycles. The number of aliphatic hydroxyl groups is 1. The van der Waals surface area contributed by atoms with E-state index in [4.69, 9.17) is 0 Å². The van der Waals surface area contributed by atoms with Crippen LogP contribution in [-0.4, -0.2) is 46.3 Å². The topological polar surface area (TPSA) is 119 Å². The molecule has 0 fully saturated rings. The molecule has 7 heteroatoms. The fourth-order valence-corrected chi connectivity index (χ4v) is 2.60. The van der Waals surface area contributed by atoms with Crippen molar-refractivity contribution in [2.24, 2.45) is 0 Å². The number of benzene rings is 2. The van der Waals surface area contributed by atoms with Crippen LogP contribution >= 0.6 is 0 Å². The molecule has 0 bridgehead atoms. The van der Waals surface area contributed by atoms with Crippen molar-refractivity contribution in [3.63, 3.8) is 0 Å². The zero-order valence-corrected chi connectivity index (χ0v) is 14.9. The highest BCUT2D eigenvalue weighted by Crippen LogP contribution is 2.28. The van der Waals surface area contributed by atoms with Crippen LogP contribution in [0.2, 0.25) is 0 Å². The molecule has 2 amide bonds. The Morgan fingerprint density at radius 1 is 0.926 bits per heavy atom. The molecule has 7 nitrogen and oxygen atoms in total. The Hall–Kier alpha value is -3.06. The number of hydrogen-bond donors (Lipinski definition) is 5. The molecule has 2 rings (SSSR count). The van der Waals surface area contributed by atoms with Gasteiger partial charge in [0.05, 0.1) is 18.2 Å². The van der Waals surface area contributed by atoms with Crippen molar-refractivity contribution in [1.29, 1.82) is 0 Å². The number of unbranched alkanes of at least 4 members (excludes halogenated alkanes) is 1. The molecule has 27 heavy (non-hydrogen) atoms. The van der Waals surface area contributed by atoms with Gasteiger partial charge in [-0.1, -0.05) is 24.3 Å². The molecule has 1 atom stereocenters. The van der Waals surface area contributed by atoms with Crippen molar-refractivity contribution in [3.8, 4) is 11.5 Å². The quantitative estimate of drug-likeness (QED) is 0.340. The van der Waals surface area contributed by atoms with Gasteiger partial charge < -0.3 is 26.0 Å². The van der Waals surface area contributed by atoms with Crippen molar-refractivity contribution in [2.75, 3.05) is 13.2 Å². The van der Waals surface area contributed by atoms with Crippen LogP contribution in [0.15, 0.2) is 48.5 Å². The first kappa shape index (κ1) is 20.3. The molecule has 0 aliphatic heterocycles. The molecule has 0 spiro atoms. The molecule has 0 unspecified atom stereocenters. The number of nitrogens with one attached hydrogen (secondary N) is 2. The number of hydrogen-bond acceptors (Lipinski definition) is 5. The van der Waals surface area contributed by atoms with Gasteiger partial charge >= 0.3 is 0 Å². The zero-order valence-electron chi connectivity index (χ0n) is 14.9. The standard InChI is InChI=1S/C20H24N2O5/c23-13-15(22-20(27)16-10-6-11-17(24)18(16)25)9-4-5-12-21-19(26)14-7-2-1-3-8-14/h1-3,6-8,10-11,15,23-25H,4-5,9,12-13H2,(H,21,26)(H,22,27)/t15-/m0/s1. The minimum absolute atomic E-state index is 0.0522. The Balaban J connectivity index is 1.73. The van der Waals surface area contributed by atoms with E-state index in [-0.39, 0.29) is 23.8 Å². The maximum atomic E-state index is 12.2. The number of rotatable bonds is 9. The summed E-state index contributed by atoms with van der Waals surface area (Å²) in [6, 6.07) is 12.6. The van der Waals surface area contributed by atoms with Gasteiger partial charge in [-0.15, -0.1) is 0 Å². The summed E-state index contributed by atoms with van der Waals surface area (Å²) >= 11 is 0. The summed E-state index contributed by atoms with van der Waals surface area (Å²) in [6.45, 7) is 0.245. The Kier molecular flexibility index (Phi) is 7.63. The molecule has 0 heterocycles. The van der Waals surface area contributed by atoms with E-state index < -0.39 is 17.7 Å². The lowest BCUT2D eigenvalue weighted by molar-refractivity contribution is 0.0908. The van der Waals surface area contributed by atoms with Crippen LogP contribution in [0.4, 0.5) is 0 Å². The highest BCUT2D eigenvalue weighted by Gasteiger charge is 2.17. The summed E-state index contributed by atoms with van der Waals surface area (Å²) < 4.78 is 0. The van der Waals surface area contributed by atoms with E-state index in [2.05, 4.69) is 10.6 Å². The van der Waals surface area contributed by atoms with Crippen LogP contribution in [0, 0.1) is 0 Å². The van der Waals surface area contributed by atoms with Crippen LogP contribution < -0.4 is 10.6 Å². The van der Waals surface area contributed by atoms with Crippen molar-refractivity contribution in [1.82, 2.24) is 10.6 Å². The van der Waals surface area contributed by atoms with Crippen LogP contribution in [0.1, 0.15) is 40.0 Å². The smallest absolute Gasteiger partial charge is 0.255 e. The average Bonchev–Trinajstić information content (AvgIpc) is 2.69. The van der Waals surface area contributed by atoms with Crippen molar-refractivity contribution in [2.45, 2.75) is 25.3 Å². The molecule has 0 saturated carbocycles. The van der Waals surface area contributed by atoms with Gasteiger partial charge in [0.2, 0.25) is 0 Å². The van der Waals surface area contributed by atoms with Crippen LogP contribution in [0.25, 0.3) is 0 Å². The number of para-hydroxylation sites is 1. The molecule has 144 valence electrons. The largest absolute Gasteiger partial charge is 0.504 e.